The number of hydrogen-bond acceptors (Lipinski definition) is 3. The average Bonchev–Trinajstić information content (AvgIpc) is 2.68. The Morgan fingerprint density at radius 2 is 1.95 bits per heavy atom. The summed E-state index contributed by atoms with van der Waals surface area (Å²) < 4.78 is 41.3. The summed E-state index contributed by atoms with van der Waals surface area (Å²) in [5.74, 6) is -0.218. The molecule has 1 aliphatic rings. The molecule has 104 valence electrons. The van der Waals surface area contributed by atoms with E-state index in [2.05, 4.69) is 4.74 Å². The number of ether oxygens (including phenoxy) is 1. The summed E-state index contributed by atoms with van der Waals surface area (Å²) in [5.41, 5.74) is 1.93. The van der Waals surface area contributed by atoms with Gasteiger partial charge in [-0.15, -0.1) is 13.2 Å². The Labute approximate surface area is 109 Å². The van der Waals surface area contributed by atoms with E-state index in [1.165, 1.54) is 6.07 Å². The number of anilines is 1. The second kappa shape index (κ2) is 4.75. The fraction of sp³-hybridized carbons (Fsp3) is 0.462. The summed E-state index contributed by atoms with van der Waals surface area (Å²) in [4.78, 5) is 13.0. The van der Waals surface area contributed by atoms with Gasteiger partial charge in [-0.3, -0.25) is 4.79 Å². The van der Waals surface area contributed by atoms with E-state index in [9.17, 15) is 18.0 Å². The molecule has 1 aliphatic heterocycles. The standard InChI is InChI=1S/C13H14F3NO2/c1-8-3-4-11(19-13(14,15)16)12(9(8)2)17-6-5-10(18)7-17/h3-4H,5-7H2,1-2H3. The molecule has 0 atom stereocenters. The van der Waals surface area contributed by atoms with Crippen LogP contribution in [0.15, 0.2) is 12.1 Å². The fourth-order valence-electron chi connectivity index (χ4n) is 2.20. The molecule has 0 aromatic heterocycles. The number of carbonyl (C=O) groups is 1. The molecule has 6 heteroatoms. The van der Waals surface area contributed by atoms with Crippen LogP contribution < -0.4 is 9.64 Å². The van der Waals surface area contributed by atoms with E-state index < -0.39 is 6.36 Å². The zero-order chi connectivity index (χ0) is 14.2. The van der Waals surface area contributed by atoms with Gasteiger partial charge in [0.25, 0.3) is 0 Å². The first kappa shape index (κ1) is 13.7. The molecule has 19 heavy (non-hydrogen) atoms. The Bertz CT molecular complexity index is 511. The predicted octanol–water partition coefficient (Wildman–Crippen LogP) is 2.98. The highest BCUT2D eigenvalue weighted by molar-refractivity contribution is 5.88. The second-order valence-electron chi connectivity index (χ2n) is 4.61. The molecule has 0 spiro atoms. The zero-order valence-electron chi connectivity index (χ0n) is 10.7. The van der Waals surface area contributed by atoms with Crippen LogP contribution in [0.1, 0.15) is 17.5 Å². The summed E-state index contributed by atoms with van der Waals surface area (Å²) in [6, 6.07) is 2.88. The first-order chi connectivity index (χ1) is 8.78. The molecule has 1 aromatic rings. The van der Waals surface area contributed by atoms with Gasteiger partial charge in [-0.25, -0.2) is 0 Å². The van der Waals surface area contributed by atoms with Crippen molar-refractivity contribution in [3.05, 3.63) is 23.3 Å². The summed E-state index contributed by atoms with van der Waals surface area (Å²) in [6.45, 7) is 4.11. The number of rotatable bonds is 2. The van der Waals surface area contributed by atoms with E-state index >= 15 is 0 Å². The Hall–Kier alpha value is -1.72. The molecule has 1 heterocycles. The number of carbonyl (C=O) groups excluding carboxylic acids is 1. The van der Waals surface area contributed by atoms with Gasteiger partial charge in [0, 0.05) is 13.0 Å². The van der Waals surface area contributed by atoms with E-state index in [1.54, 1.807) is 17.9 Å². The Morgan fingerprint density at radius 1 is 1.26 bits per heavy atom. The number of benzene rings is 1. The number of ketones is 1. The number of halogens is 3. The molecule has 0 radical (unpaired) electrons. The van der Waals surface area contributed by atoms with E-state index in [0.29, 0.717) is 24.2 Å². The van der Waals surface area contributed by atoms with Gasteiger partial charge in [-0.2, -0.15) is 0 Å². The predicted molar refractivity (Wildman–Crippen MR) is 64.4 cm³/mol. The SMILES string of the molecule is Cc1ccc(OC(F)(F)F)c(N2CCC(=O)C2)c1C. The zero-order valence-corrected chi connectivity index (χ0v) is 10.7. The van der Waals surface area contributed by atoms with Crippen molar-refractivity contribution in [2.45, 2.75) is 26.6 Å². The van der Waals surface area contributed by atoms with Gasteiger partial charge >= 0.3 is 6.36 Å². The molecular weight excluding hydrogens is 259 g/mol. The van der Waals surface area contributed by atoms with Crippen LogP contribution in [-0.4, -0.2) is 25.2 Å². The van der Waals surface area contributed by atoms with Crippen molar-refractivity contribution < 1.29 is 22.7 Å². The number of nitrogens with zero attached hydrogens (tertiary/aromatic N) is 1. The summed E-state index contributed by atoms with van der Waals surface area (Å²) in [6.07, 6.45) is -4.38. The summed E-state index contributed by atoms with van der Waals surface area (Å²) in [7, 11) is 0. The van der Waals surface area contributed by atoms with Gasteiger partial charge in [0.05, 0.1) is 12.2 Å². The third kappa shape index (κ3) is 3.00. The van der Waals surface area contributed by atoms with Crippen molar-refractivity contribution in [1.82, 2.24) is 0 Å². The first-order valence-electron chi connectivity index (χ1n) is 5.90. The first-order valence-corrected chi connectivity index (χ1v) is 5.90. The van der Waals surface area contributed by atoms with Crippen LogP contribution >= 0.6 is 0 Å². The Kier molecular flexibility index (Phi) is 3.43. The third-order valence-corrected chi connectivity index (χ3v) is 3.23. The van der Waals surface area contributed by atoms with Gasteiger partial charge in [-0.1, -0.05) is 6.07 Å². The van der Waals surface area contributed by atoms with Crippen LogP contribution in [-0.2, 0) is 4.79 Å². The van der Waals surface area contributed by atoms with Crippen molar-refractivity contribution in [2.24, 2.45) is 0 Å². The van der Waals surface area contributed by atoms with E-state index in [1.807, 2.05) is 6.92 Å². The summed E-state index contributed by atoms with van der Waals surface area (Å²) >= 11 is 0. The maximum absolute atomic E-state index is 12.4. The van der Waals surface area contributed by atoms with Crippen molar-refractivity contribution in [2.75, 3.05) is 18.0 Å². The molecule has 1 aromatic carbocycles. The number of aryl methyl sites for hydroxylation is 1. The second-order valence-corrected chi connectivity index (χ2v) is 4.61. The Balaban J connectivity index is 2.43. The van der Waals surface area contributed by atoms with Crippen LogP contribution in [0.5, 0.6) is 5.75 Å². The summed E-state index contributed by atoms with van der Waals surface area (Å²) in [5, 5.41) is 0. The normalized spacial score (nSPS) is 16.1. The Morgan fingerprint density at radius 3 is 2.47 bits per heavy atom. The van der Waals surface area contributed by atoms with Crippen molar-refractivity contribution in [3.8, 4) is 5.75 Å². The number of Topliss-reactive ketones (excluding diaryl/α,β-unsaturated/α-hetero) is 1. The van der Waals surface area contributed by atoms with Gasteiger partial charge in [0.2, 0.25) is 0 Å². The molecule has 0 unspecified atom stereocenters. The lowest BCUT2D eigenvalue weighted by Gasteiger charge is -2.24. The van der Waals surface area contributed by atoms with Gasteiger partial charge in [0.1, 0.15) is 0 Å². The van der Waals surface area contributed by atoms with Gasteiger partial charge < -0.3 is 9.64 Å². The maximum atomic E-state index is 12.4. The molecule has 0 N–H and O–H groups in total. The maximum Gasteiger partial charge on any atom is 0.573 e. The van der Waals surface area contributed by atoms with Crippen molar-refractivity contribution in [1.29, 1.82) is 0 Å². The van der Waals surface area contributed by atoms with Crippen molar-refractivity contribution in [3.63, 3.8) is 0 Å². The lowest BCUT2D eigenvalue weighted by molar-refractivity contribution is -0.274. The molecule has 0 amide bonds. The van der Waals surface area contributed by atoms with Gasteiger partial charge in [0.15, 0.2) is 11.5 Å². The van der Waals surface area contributed by atoms with Crippen LogP contribution in [0.2, 0.25) is 0 Å². The number of hydrogen-bond donors (Lipinski definition) is 0. The average molecular weight is 273 g/mol. The molecule has 3 nitrogen and oxygen atoms in total. The molecule has 1 fully saturated rings. The molecule has 0 saturated carbocycles. The molecule has 2 rings (SSSR count). The third-order valence-electron chi connectivity index (χ3n) is 3.23. The molecular formula is C13H14F3NO2. The minimum Gasteiger partial charge on any atom is -0.404 e. The highest BCUT2D eigenvalue weighted by Gasteiger charge is 2.34. The van der Waals surface area contributed by atoms with Gasteiger partial charge in [-0.05, 0) is 31.0 Å². The molecule has 0 bridgehead atoms. The van der Waals surface area contributed by atoms with E-state index in [4.69, 9.17) is 0 Å². The topological polar surface area (TPSA) is 29.5 Å². The fourth-order valence-corrected chi connectivity index (χ4v) is 2.20. The van der Waals surface area contributed by atoms with E-state index in [0.717, 1.165) is 5.56 Å². The monoisotopic (exact) mass is 273 g/mol. The van der Waals surface area contributed by atoms with Crippen LogP contribution in [0.4, 0.5) is 18.9 Å². The molecule has 0 aliphatic carbocycles. The van der Waals surface area contributed by atoms with Crippen molar-refractivity contribution >= 4 is 11.5 Å². The smallest absolute Gasteiger partial charge is 0.404 e. The van der Waals surface area contributed by atoms with Crippen LogP contribution in [0, 0.1) is 13.8 Å². The van der Waals surface area contributed by atoms with E-state index in [-0.39, 0.29) is 18.1 Å². The molecule has 1 saturated heterocycles. The highest BCUT2D eigenvalue weighted by Crippen LogP contribution is 2.38. The highest BCUT2D eigenvalue weighted by atomic mass is 19.4. The lowest BCUT2D eigenvalue weighted by atomic mass is 10.1. The van der Waals surface area contributed by atoms with Crippen LogP contribution in [0.25, 0.3) is 0 Å². The minimum atomic E-state index is -4.74. The lowest BCUT2D eigenvalue weighted by Crippen LogP contribution is -2.24. The minimum absolute atomic E-state index is 0.0267. The van der Waals surface area contributed by atoms with Crippen LogP contribution in [0.3, 0.4) is 0 Å². The quantitative estimate of drug-likeness (QED) is 0.829. The largest absolute Gasteiger partial charge is 0.573 e. The number of alkyl halides is 3.